The van der Waals surface area contributed by atoms with Gasteiger partial charge in [-0.1, -0.05) is 32.6 Å². The summed E-state index contributed by atoms with van der Waals surface area (Å²) in [6.07, 6.45) is 5.44. The summed E-state index contributed by atoms with van der Waals surface area (Å²) < 4.78 is 0. The minimum Gasteiger partial charge on any atom is -0.192 e. The molecule has 0 amide bonds. The maximum Gasteiger partial charge on any atom is 0.132 e. The molecule has 1 rings (SSSR count). The van der Waals surface area contributed by atoms with E-state index >= 15 is 0 Å². The molecule has 1 aliphatic rings. The summed E-state index contributed by atoms with van der Waals surface area (Å²) in [6, 6.07) is 3.89. The Morgan fingerprint density at radius 2 is 2.00 bits per heavy atom. The molecule has 0 aromatic rings. The van der Waals surface area contributed by atoms with Gasteiger partial charge in [0.2, 0.25) is 0 Å². The molecule has 0 saturated carbocycles. The minimum atomic E-state index is 0.104. The zero-order chi connectivity index (χ0) is 11.5. The third kappa shape index (κ3) is 2.58. The van der Waals surface area contributed by atoms with Crippen LogP contribution in [0.4, 0.5) is 0 Å². The van der Waals surface area contributed by atoms with Gasteiger partial charge in [0.25, 0.3) is 0 Å². The average Bonchev–Trinajstić information content (AvgIpc) is 2.17. The van der Waals surface area contributed by atoms with Crippen molar-refractivity contribution in [1.82, 2.24) is 0 Å². The fraction of sp³-hybridized carbons (Fsp3) is 0.385. The molecule has 76 valence electrons. The third-order valence-corrected chi connectivity index (χ3v) is 2.52. The highest BCUT2D eigenvalue weighted by Crippen LogP contribution is 2.39. The second-order valence-electron chi connectivity index (χ2n) is 4.56. The molecule has 0 spiro atoms. The van der Waals surface area contributed by atoms with E-state index in [1.54, 1.807) is 6.08 Å². The smallest absolute Gasteiger partial charge is 0.132 e. The molecule has 1 aliphatic carbocycles. The first-order valence-electron chi connectivity index (χ1n) is 4.89. The summed E-state index contributed by atoms with van der Waals surface area (Å²) in [4.78, 5) is 0. The summed E-state index contributed by atoms with van der Waals surface area (Å²) in [7, 11) is 0. The molecule has 0 atom stereocenters. The monoisotopic (exact) mass is 198 g/mol. The molecule has 2 nitrogen and oxygen atoms in total. The number of allylic oxidation sites excluding steroid dienone is 5. The van der Waals surface area contributed by atoms with Crippen LogP contribution in [0.25, 0.3) is 0 Å². The molecule has 0 fully saturated rings. The minimum absolute atomic E-state index is 0.104. The molecule has 0 saturated heterocycles. The lowest BCUT2D eigenvalue weighted by Gasteiger charge is -2.30. The summed E-state index contributed by atoms with van der Waals surface area (Å²) in [5, 5.41) is 17.6. The molecule has 15 heavy (non-hydrogen) atoms. The van der Waals surface area contributed by atoms with Gasteiger partial charge in [-0.3, -0.25) is 0 Å². The van der Waals surface area contributed by atoms with E-state index in [0.717, 1.165) is 24.0 Å². The lowest BCUT2D eigenvalue weighted by atomic mass is 9.74. The van der Waals surface area contributed by atoms with Crippen LogP contribution in [0.3, 0.4) is 0 Å². The first kappa shape index (κ1) is 11.3. The summed E-state index contributed by atoms with van der Waals surface area (Å²) in [5.74, 6) is 0. The first-order valence-corrected chi connectivity index (χ1v) is 4.89. The van der Waals surface area contributed by atoms with Gasteiger partial charge in [0.1, 0.15) is 17.7 Å². The van der Waals surface area contributed by atoms with Gasteiger partial charge in [-0.2, -0.15) is 10.5 Å². The molecule has 2 heteroatoms. The van der Waals surface area contributed by atoms with Crippen LogP contribution in [-0.2, 0) is 0 Å². The van der Waals surface area contributed by atoms with Crippen LogP contribution in [0.1, 0.15) is 26.7 Å². The molecular weight excluding hydrogens is 184 g/mol. The molecular formula is C13H14N2. The van der Waals surface area contributed by atoms with Crippen molar-refractivity contribution >= 4 is 0 Å². The zero-order valence-electron chi connectivity index (χ0n) is 9.17. The topological polar surface area (TPSA) is 47.6 Å². The normalized spacial score (nSPS) is 18.4. The molecule has 0 N–H and O–H groups in total. The van der Waals surface area contributed by atoms with Crippen LogP contribution in [0, 0.1) is 28.1 Å². The fourth-order valence-electron chi connectivity index (χ4n) is 1.92. The van der Waals surface area contributed by atoms with Gasteiger partial charge in [-0.25, -0.2) is 0 Å². The van der Waals surface area contributed by atoms with E-state index in [0.29, 0.717) is 0 Å². The number of rotatable bonds is 1. The van der Waals surface area contributed by atoms with Gasteiger partial charge >= 0.3 is 0 Å². The van der Waals surface area contributed by atoms with Crippen LogP contribution in [0.15, 0.2) is 35.5 Å². The van der Waals surface area contributed by atoms with E-state index in [1.807, 2.05) is 18.2 Å². The number of hydrogen-bond acceptors (Lipinski definition) is 2. The largest absolute Gasteiger partial charge is 0.192 e. The molecule has 0 aliphatic heterocycles. The van der Waals surface area contributed by atoms with Gasteiger partial charge in [0.05, 0.1) is 0 Å². The lowest BCUT2D eigenvalue weighted by molar-refractivity contribution is 0.354. The Morgan fingerprint density at radius 1 is 1.40 bits per heavy atom. The van der Waals surface area contributed by atoms with Crippen molar-refractivity contribution in [1.29, 1.82) is 10.5 Å². The van der Waals surface area contributed by atoms with E-state index in [2.05, 4.69) is 20.4 Å². The Morgan fingerprint density at radius 3 is 2.47 bits per heavy atom. The van der Waals surface area contributed by atoms with Gasteiger partial charge in [0, 0.05) is 0 Å². The van der Waals surface area contributed by atoms with Gasteiger partial charge < -0.3 is 0 Å². The fourth-order valence-corrected chi connectivity index (χ4v) is 1.92. The van der Waals surface area contributed by atoms with Crippen molar-refractivity contribution in [3.8, 4) is 12.1 Å². The predicted octanol–water partition coefficient (Wildman–Crippen LogP) is 3.26. The molecule has 0 aromatic heterocycles. The standard InChI is InChI=1S/C13H14N2/c1-4-10-5-11(12(8-14)9-15)7-13(2,3)6-10/h4-5H,1,6-7H2,2-3H3. The van der Waals surface area contributed by atoms with E-state index in [4.69, 9.17) is 10.5 Å². The van der Waals surface area contributed by atoms with Crippen molar-refractivity contribution in [3.63, 3.8) is 0 Å². The zero-order valence-corrected chi connectivity index (χ0v) is 9.17. The molecule has 0 bridgehead atoms. The predicted molar refractivity (Wildman–Crippen MR) is 59.5 cm³/mol. The van der Waals surface area contributed by atoms with Crippen LogP contribution in [-0.4, -0.2) is 0 Å². The maximum atomic E-state index is 8.82. The van der Waals surface area contributed by atoms with Crippen LogP contribution < -0.4 is 0 Å². The van der Waals surface area contributed by atoms with Crippen molar-refractivity contribution in [2.45, 2.75) is 26.7 Å². The van der Waals surface area contributed by atoms with Crippen molar-refractivity contribution in [2.24, 2.45) is 5.41 Å². The van der Waals surface area contributed by atoms with Crippen molar-refractivity contribution in [2.75, 3.05) is 0 Å². The highest BCUT2D eigenvalue weighted by atomic mass is 14.3. The van der Waals surface area contributed by atoms with E-state index in [1.165, 1.54) is 0 Å². The first-order chi connectivity index (χ1) is 7.02. The lowest BCUT2D eigenvalue weighted by Crippen LogP contribution is -2.17. The highest BCUT2D eigenvalue weighted by Gasteiger charge is 2.26. The maximum absolute atomic E-state index is 8.82. The van der Waals surface area contributed by atoms with Crippen LogP contribution in [0.5, 0.6) is 0 Å². The molecule has 0 aromatic carbocycles. The number of nitrogens with zero attached hydrogens (tertiary/aromatic N) is 2. The van der Waals surface area contributed by atoms with Gasteiger partial charge in [-0.05, 0) is 29.4 Å². The molecule has 0 unspecified atom stereocenters. The Kier molecular flexibility index (Phi) is 3.12. The highest BCUT2D eigenvalue weighted by molar-refractivity contribution is 5.48. The third-order valence-electron chi connectivity index (χ3n) is 2.52. The molecule has 0 heterocycles. The van der Waals surface area contributed by atoms with Crippen molar-refractivity contribution in [3.05, 3.63) is 35.5 Å². The van der Waals surface area contributed by atoms with Gasteiger partial charge in [0.15, 0.2) is 0 Å². The molecule has 0 radical (unpaired) electrons. The Labute approximate surface area is 90.8 Å². The second kappa shape index (κ2) is 4.15. The van der Waals surface area contributed by atoms with Crippen LogP contribution >= 0.6 is 0 Å². The van der Waals surface area contributed by atoms with E-state index < -0.39 is 0 Å². The quantitative estimate of drug-likeness (QED) is 0.607. The summed E-state index contributed by atoms with van der Waals surface area (Å²) >= 11 is 0. The number of hydrogen-bond donors (Lipinski definition) is 0. The second-order valence-corrected chi connectivity index (χ2v) is 4.56. The van der Waals surface area contributed by atoms with Gasteiger partial charge in [-0.15, -0.1) is 0 Å². The van der Waals surface area contributed by atoms with E-state index in [-0.39, 0.29) is 11.0 Å². The Balaban J connectivity index is 3.24. The SMILES string of the molecule is C=CC1=CC(=C(C#N)C#N)CC(C)(C)C1. The van der Waals surface area contributed by atoms with Crippen LogP contribution in [0.2, 0.25) is 0 Å². The van der Waals surface area contributed by atoms with Crippen molar-refractivity contribution < 1.29 is 0 Å². The Hall–Kier alpha value is -1.80. The Bertz CT molecular complexity index is 406. The summed E-state index contributed by atoms with van der Waals surface area (Å²) in [6.45, 7) is 8.01. The van der Waals surface area contributed by atoms with E-state index in [9.17, 15) is 0 Å². The average molecular weight is 198 g/mol. The summed E-state index contributed by atoms with van der Waals surface area (Å²) in [5.41, 5.74) is 2.27. The number of nitriles is 2.